The molecule has 0 aliphatic heterocycles. The summed E-state index contributed by atoms with van der Waals surface area (Å²) in [7, 11) is 0. The van der Waals surface area contributed by atoms with Crippen LogP contribution in [0.15, 0.2) is 11.1 Å². The highest BCUT2D eigenvalue weighted by Gasteiger charge is 2.19. The lowest BCUT2D eigenvalue weighted by molar-refractivity contribution is 0.207. The summed E-state index contributed by atoms with van der Waals surface area (Å²) in [6, 6.07) is 0. The largest absolute Gasteiger partial charge is 0.387 e. The molecular weight excluding hydrogens is 159 g/mol. The zero-order valence-corrected chi connectivity index (χ0v) is 6.36. The number of aliphatic hydroxyl groups is 1. The summed E-state index contributed by atoms with van der Waals surface area (Å²) in [5.41, 5.74) is 0. The van der Waals surface area contributed by atoms with E-state index in [1.54, 1.807) is 6.08 Å². The molecule has 0 bridgehead atoms. The Balaban J connectivity index is 2.58. The van der Waals surface area contributed by atoms with Crippen LogP contribution in [0.1, 0.15) is 12.8 Å². The standard InChI is InChI=1S/C6H8Cl2O/c7-4-1-2-5(8)6(9)3-4/h3,5-6,9H,1-2H2. The lowest BCUT2D eigenvalue weighted by Crippen LogP contribution is -2.21. The summed E-state index contributed by atoms with van der Waals surface area (Å²) in [4.78, 5) is 0. The molecular formula is C6H8Cl2O. The Morgan fingerprint density at radius 1 is 1.67 bits per heavy atom. The third-order valence-electron chi connectivity index (χ3n) is 1.38. The Morgan fingerprint density at radius 3 is 2.78 bits per heavy atom. The van der Waals surface area contributed by atoms with Gasteiger partial charge in [-0.2, -0.15) is 0 Å². The minimum atomic E-state index is -0.548. The van der Waals surface area contributed by atoms with Gasteiger partial charge in [-0.15, -0.1) is 11.6 Å². The van der Waals surface area contributed by atoms with Gasteiger partial charge in [0, 0.05) is 5.03 Å². The molecule has 0 aromatic heterocycles. The fourth-order valence-electron chi connectivity index (χ4n) is 0.820. The van der Waals surface area contributed by atoms with Gasteiger partial charge in [-0.1, -0.05) is 11.6 Å². The van der Waals surface area contributed by atoms with E-state index in [0.29, 0.717) is 0 Å². The second kappa shape index (κ2) is 2.91. The van der Waals surface area contributed by atoms with Crippen molar-refractivity contribution in [3.8, 4) is 0 Å². The highest BCUT2D eigenvalue weighted by atomic mass is 35.5. The maximum atomic E-state index is 9.06. The van der Waals surface area contributed by atoms with E-state index in [1.807, 2.05) is 0 Å². The van der Waals surface area contributed by atoms with Gasteiger partial charge in [0.2, 0.25) is 0 Å². The van der Waals surface area contributed by atoms with Gasteiger partial charge in [0.25, 0.3) is 0 Å². The maximum absolute atomic E-state index is 9.06. The zero-order valence-electron chi connectivity index (χ0n) is 4.85. The molecule has 2 unspecified atom stereocenters. The highest BCUT2D eigenvalue weighted by molar-refractivity contribution is 6.30. The second-order valence-corrected chi connectivity index (χ2v) is 3.20. The van der Waals surface area contributed by atoms with Crippen LogP contribution in [-0.4, -0.2) is 16.6 Å². The monoisotopic (exact) mass is 166 g/mol. The Hall–Kier alpha value is 0.280. The minimum absolute atomic E-state index is 0.146. The Labute approximate surface area is 64.3 Å². The summed E-state index contributed by atoms with van der Waals surface area (Å²) in [6.07, 6.45) is 2.63. The molecule has 0 radical (unpaired) electrons. The van der Waals surface area contributed by atoms with E-state index < -0.39 is 6.10 Å². The summed E-state index contributed by atoms with van der Waals surface area (Å²) in [5.74, 6) is 0. The first-order chi connectivity index (χ1) is 4.20. The molecule has 9 heavy (non-hydrogen) atoms. The first-order valence-corrected chi connectivity index (χ1v) is 3.70. The molecule has 1 aliphatic rings. The van der Waals surface area contributed by atoms with Gasteiger partial charge in [-0.3, -0.25) is 0 Å². The van der Waals surface area contributed by atoms with Gasteiger partial charge < -0.3 is 5.11 Å². The topological polar surface area (TPSA) is 20.2 Å². The first kappa shape index (κ1) is 7.39. The minimum Gasteiger partial charge on any atom is -0.387 e. The number of rotatable bonds is 0. The number of aliphatic hydroxyl groups excluding tert-OH is 1. The van der Waals surface area contributed by atoms with Crippen LogP contribution in [0, 0.1) is 0 Å². The SMILES string of the molecule is OC1C=C(Cl)CCC1Cl. The molecule has 0 fully saturated rings. The van der Waals surface area contributed by atoms with Crippen molar-refractivity contribution in [1.82, 2.24) is 0 Å². The number of hydrogen-bond donors (Lipinski definition) is 1. The van der Waals surface area contributed by atoms with Crippen molar-refractivity contribution in [3.05, 3.63) is 11.1 Å². The molecule has 2 atom stereocenters. The average molecular weight is 167 g/mol. The van der Waals surface area contributed by atoms with Gasteiger partial charge in [0.15, 0.2) is 0 Å². The quantitative estimate of drug-likeness (QED) is 0.546. The molecule has 1 nitrogen and oxygen atoms in total. The Kier molecular flexibility index (Phi) is 2.39. The van der Waals surface area contributed by atoms with Crippen LogP contribution in [0.5, 0.6) is 0 Å². The van der Waals surface area contributed by atoms with Crippen LogP contribution in [0.3, 0.4) is 0 Å². The molecule has 0 saturated heterocycles. The number of halogens is 2. The van der Waals surface area contributed by atoms with Crippen LogP contribution in [0.4, 0.5) is 0 Å². The third-order valence-corrected chi connectivity index (χ3v) is 2.17. The number of allylic oxidation sites excluding steroid dienone is 1. The molecule has 0 amide bonds. The van der Waals surface area contributed by atoms with Crippen molar-refractivity contribution in [1.29, 1.82) is 0 Å². The van der Waals surface area contributed by atoms with Gasteiger partial charge in [0.1, 0.15) is 0 Å². The van der Waals surface area contributed by atoms with E-state index in [4.69, 9.17) is 28.3 Å². The highest BCUT2D eigenvalue weighted by Crippen LogP contribution is 2.24. The van der Waals surface area contributed by atoms with Crippen LogP contribution >= 0.6 is 23.2 Å². The van der Waals surface area contributed by atoms with E-state index in [1.165, 1.54) is 0 Å². The van der Waals surface area contributed by atoms with E-state index >= 15 is 0 Å². The molecule has 1 rings (SSSR count). The molecule has 0 heterocycles. The lowest BCUT2D eigenvalue weighted by atomic mass is 10.1. The van der Waals surface area contributed by atoms with Gasteiger partial charge in [-0.05, 0) is 18.9 Å². The fourth-order valence-corrected chi connectivity index (χ4v) is 1.24. The van der Waals surface area contributed by atoms with Crippen molar-refractivity contribution in [3.63, 3.8) is 0 Å². The number of alkyl halides is 1. The summed E-state index contributed by atoms with van der Waals surface area (Å²) < 4.78 is 0. The van der Waals surface area contributed by atoms with Crippen LogP contribution < -0.4 is 0 Å². The van der Waals surface area contributed by atoms with E-state index in [2.05, 4.69) is 0 Å². The van der Waals surface area contributed by atoms with Crippen LogP contribution in [0.25, 0.3) is 0 Å². The molecule has 3 heteroatoms. The predicted octanol–water partition coefficient (Wildman–Crippen LogP) is 1.87. The molecule has 0 aromatic rings. The molecule has 0 spiro atoms. The smallest absolute Gasteiger partial charge is 0.0898 e. The Morgan fingerprint density at radius 2 is 2.33 bits per heavy atom. The van der Waals surface area contributed by atoms with E-state index in [9.17, 15) is 0 Å². The van der Waals surface area contributed by atoms with E-state index in [-0.39, 0.29) is 5.38 Å². The first-order valence-electron chi connectivity index (χ1n) is 2.88. The molecule has 0 saturated carbocycles. The van der Waals surface area contributed by atoms with Crippen molar-refractivity contribution in [2.45, 2.75) is 24.3 Å². The normalized spacial score (nSPS) is 36.1. The van der Waals surface area contributed by atoms with Crippen molar-refractivity contribution in [2.75, 3.05) is 0 Å². The van der Waals surface area contributed by atoms with Crippen molar-refractivity contribution in [2.24, 2.45) is 0 Å². The van der Waals surface area contributed by atoms with Gasteiger partial charge >= 0.3 is 0 Å². The predicted molar refractivity (Wildman–Crippen MR) is 38.8 cm³/mol. The maximum Gasteiger partial charge on any atom is 0.0898 e. The molecule has 1 aliphatic carbocycles. The van der Waals surface area contributed by atoms with Crippen molar-refractivity contribution < 1.29 is 5.11 Å². The summed E-state index contributed by atoms with van der Waals surface area (Å²) >= 11 is 11.3. The molecule has 52 valence electrons. The zero-order chi connectivity index (χ0) is 6.85. The lowest BCUT2D eigenvalue weighted by Gasteiger charge is -2.18. The molecule has 1 N–H and O–H groups in total. The van der Waals surface area contributed by atoms with E-state index in [0.717, 1.165) is 17.9 Å². The van der Waals surface area contributed by atoms with Gasteiger partial charge in [0.05, 0.1) is 11.5 Å². The van der Waals surface area contributed by atoms with Gasteiger partial charge in [-0.25, -0.2) is 0 Å². The third kappa shape index (κ3) is 1.85. The van der Waals surface area contributed by atoms with Crippen LogP contribution in [-0.2, 0) is 0 Å². The number of hydrogen-bond acceptors (Lipinski definition) is 1. The summed E-state index contributed by atoms with van der Waals surface area (Å²) in [5, 5.41) is 9.63. The Bertz CT molecular complexity index is 133. The van der Waals surface area contributed by atoms with Crippen molar-refractivity contribution >= 4 is 23.2 Å². The average Bonchev–Trinajstić information content (AvgIpc) is 1.80. The summed E-state index contributed by atoms with van der Waals surface area (Å²) in [6.45, 7) is 0. The fraction of sp³-hybridized carbons (Fsp3) is 0.667. The molecule has 0 aromatic carbocycles. The second-order valence-electron chi connectivity index (χ2n) is 2.16. The van der Waals surface area contributed by atoms with Crippen LogP contribution in [0.2, 0.25) is 0 Å².